The third-order valence-electron chi connectivity index (χ3n) is 4.85. The van der Waals surface area contributed by atoms with Gasteiger partial charge in [0.1, 0.15) is 0 Å². The number of nitrogens with zero attached hydrogens (tertiary/aromatic N) is 3. The van der Waals surface area contributed by atoms with Crippen LogP contribution in [0.1, 0.15) is 42.5 Å². The highest BCUT2D eigenvalue weighted by molar-refractivity contribution is 6.00. The molecule has 6 nitrogen and oxygen atoms in total. The quantitative estimate of drug-likeness (QED) is 0.868. The summed E-state index contributed by atoms with van der Waals surface area (Å²) >= 11 is 0. The van der Waals surface area contributed by atoms with Gasteiger partial charge in [0.25, 0.3) is 5.91 Å². The molecular weight excluding hydrogens is 266 g/mol. The fraction of sp³-hybridized carbons (Fsp3) is 0.533. The van der Waals surface area contributed by atoms with E-state index < -0.39 is 0 Å². The van der Waals surface area contributed by atoms with Crippen molar-refractivity contribution >= 4 is 11.4 Å². The molecule has 1 atom stereocenters. The minimum atomic E-state index is -0.0422. The zero-order chi connectivity index (χ0) is 14.3. The topological polar surface area (TPSA) is 71.3 Å². The van der Waals surface area contributed by atoms with E-state index in [1.807, 2.05) is 0 Å². The van der Waals surface area contributed by atoms with Gasteiger partial charge in [0.2, 0.25) is 0 Å². The molecule has 0 aromatic carbocycles. The Kier molecular flexibility index (Phi) is 2.92. The zero-order valence-electron chi connectivity index (χ0n) is 11.9. The molecule has 1 spiro atoms. The normalized spacial score (nSPS) is 23.9. The number of hydrogen-bond donors (Lipinski definition) is 2. The minimum Gasteiger partial charge on any atom is -0.349 e. The summed E-state index contributed by atoms with van der Waals surface area (Å²) in [5, 5.41) is 11.0. The van der Waals surface area contributed by atoms with Crippen molar-refractivity contribution in [1.29, 1.82) is 0 Å². The second-order valence-electron chi connectivity index (χ2n) is 6.19. The van der Waals surface area contributed by atoms with Crippen molar-refractivity contribution in [2.75, 3.05) is 6.54 Å². The van der Waals surface area contributed by atoms with Gasteiger partial charge in [0, 0.05) is 24.0 Å². The molecule has 2 N–H and O–H groups in total. The van der Waals surface area contributed by atoms with E-state index in [1.54, 1.807) is 29.3 Å². The van der Waals surface area contributed by atoms with Gasteiger partial charge in [-0.1, -0.05) is 0 Å². The number of carbonyl (C=O) groups excluding carboxylic acids is 1. The Hall–Kier alpha value is -1.95. The van der Waals surface area contributed by atoms with Crippen LogP contribution in [0.25, 0.3) is 5.52 Å². The third kappa shape index (κ3) is 2.19. The zero-order valence-corrected chi connectivity index (χ0v) is 11.9. The number of fused-ring (bicyclic) bond motifs is 1. The van der Waals surface area contributed by atoms with Crippen LogP contribution in [0.2, 0.25) is 0 Å². The number of rotatable bonds is 2. The molecule has 1 unspecified atom stereocenters. The van der Waals surface area contributed by atoms with Crippen LogP contribution in [-0.2, 0) is 0 Å². The molecular formula is C15H19N5O. The first-order valence-electron chi connectivity index (χ1n) is 7.59. The van der Waals surface area contributed by atoms with Crippen LogP contribution in [-0.4, -0.2) is 38.6 Å². The Morgan fingerprint density at radius 2 is 2.33 bits per heavy atom. The van der Waals surface area contributed by atoms with Gasteiger partial charge in [0.05, 0.1) is 23.5 Å². The summed E-state index contributed by atoms with van der Waals surface area (Å²) in [4.78, 5) is 16.6. The van der Waals surface area contributed by atoms with Crippen molar-refractivity contribution in [3.05, 3.63) is 30.4 Å². The maximum atomic E-state index is 12.5. The highest BCUT2D eigenvalue weighted by Crippen LogP contribution is 2.38. The first kappa shape index (κ1) is 12.8. The van der Waals surface area contributed by atoms with Gasteiger partial charge in [-0.05, 0) is 38.6 Å². The number of aromatic nitrogens is 3. The van der Waals surface area contributed by atoms with Crippen LogP contribution in [0, 0.1) is 0 Å². The lowest BCUT2D eigenvalue weighted by Gasteiger charge is -2.48. The molecule has 2 aromatic heterocycles. The predicted octanol–water partition coefficient (Wildman–Crippen LogP) is 1.13. The standard InChI is InChI=1S/C15H19N5O/c21-14(12-9-18-20-7-6-16-10-13(12)20)19-11-2-5-17-15(8-11)3-1-4-15/h6-7,9-11,17H,1-5,8H2,(H,19,21). The molecule has 21 heavy (non-hydrogen) atoms. The summed E-state index contributed by atoms with van der Waals surface area (Å²) in [5.41, 5.74) is 1.64. The lowest BCUT2D eigenvalue weighted by atomic mass is 9.70. The Bertz CT molecular complexity index is 676. The molecule has 2 aromatic rings. The highest BCUT2D eigenvalue weighted by atomic mass is 16.1. The molecule has 4 rings (SSSR count). The van der Waals surface area contributed by atoms with E-state index in [0.717, 1.165) is 24.9 Å². The molecule has 2 aliphatic rings. The summed E-state index contributed by atoms with van der Waals surface area (Å²) in [6.07, 6.45) is 12.5. The molecule has 1 aliphatic carbocycles. The average molecular weight is 285 g/mol. The lowest BCUT2D eigenvalue weighted by molar-refractivity contribution is 0.0854. The Labute approximate surface area is 122 Å². The van der Waals surface area contributed by atoms with Crippen molar-refractivity contribution in [2.24, 2.45) is 0 Å². The Morgan fingerprint density at radius 1 is 1.43 bits per heavy atom. The second-order valence-corrected chi connectivity index (χ2v) is 6.19. The summed E-state index contributed by atoms with van der Waals surface area (Å²) < 4.78 is 1.68. The molecule has 0 radical (unpaired) electrons. The predicted molar refractivity (Wildman–Crippen MR) is 78.1 cm³/mol. The van der Waals surface area contributed by atoms with Gasteiger partial charge in [0.15, 0.2) is 0 Å². The monoisotopic (exact) mass is 285 g/mol. The molecule has 0 bridgehead atoms. The highest BCUT2D eigenvalue weighted by Gasteiger charge is 2.41. The number of hydrogen-bond acceptors (Lipinski definition) is 4. The SMILES string of the molecule is O=C(NC1CCNC2(CCC2)C1)c1cnn2ccncc12. The van der Waals surface area contributed by atoms with Gasteiger partial charge in [-0.3, -0.25) is 9.78 Å². The van der Waals surface area contributed by atoms with E-state index in [2.05, 4.69) is 20.7 Å². The Balaban J connectivity index is 1.50. The van der Waals surface area contributed by atoms with Gasteiger partial charge in [-0.15, -0.1) is 0 Å². The smallest absolute Gasteiger partial charge is 0.255 e. The van der Waals surface area contributed by atoms with Crippen molar-refractivity contribution < 1.29 is 4.79 Å². The number of piperidine rings is 1. The Morgan fingerprint density at radius 3 is 3.14 bits per heavy atom. The molecule has 1 saturated carbocycles. The number of nitrogens with one attached hydrogen (secondary N) is 2. The molecule has 110 valence electrons. The fourth-order valence-electron chi connectivity index (χ4n) is 3.54. The van der Waals surface area contributed by atoms with Crippen LogP contribution in [0.5, 0.6) is 0 Å². The van der Waals surface area contributed by atoms with E-state index in [9.17, 15) is 4.79 Å². The average Bonchev–Trinajstić information content (AvgIpc) is 2.90. The number of carbonyl (C=O) groups is 1. The van der Waals surface area contributed by atoms with Crippen molar-refractivity contribution in [2.45, 2.75) is 43.7 Å². The van der Waals surface area contributed by atoms with Crippen molar-refractivity contribution in [3.63, 3.8) is 0 Å². The fourth-order valence-corrected chi connectivity index (χ4v) is 3.54. The van der Waals surface area contributed by atoms with Crippen LogP contribution in [0.15, 0.2) is 24.8 Å². The third-order valence-corrected chi connectivity index (χ3v) is 4.85. The maximum Gasteiger partial charge on any atom is 0.255 e. The summed E-state index contributed by atoms with van der Waals surface area (Å²) in [6.45, 7) is 0.987. The largest absolute Gasteiger partial charge is 0.349 e. The molecule has 6 heteroatoms. The van der Waals surface area contributed by atoms with Crippen LogP contribution in [0.3, 0.4) is 0 Å². The van der Waals surface area contributed by atoms with Gasteiger partial charge >= 0.3 is 0 Å². The summed E-state index contributed by atoms with van der Waals surface area (Å²) in [6, 6.07) is 0.255. The van der Waals surface area contributed by atoms with Crippen LogP contribution >= 0.6 is 0 Å². The maximum absolute atomic E-state index is 12.5. The summed E-state index contributed by atoms with van der Waals surface area (Å²) in [7, 11) is 0. The van der Waals surface area contributed by atoms with Crippen LogP contribution in [0.4, 0.5) is 0 Å². The molecule has 3 heterocycles. The molecule has 1 aliphatic heterocycles. The summed E-state index contributed by atoms with van der Waals surface area (Å²) in [5.74, 6) is -0.0422. The number of amides is 1. The first-order valence-corrected chi connectivity index (χ1v) is 7.59. The van der Waals surface area contributed by atoms with Gasteiger partial charge < -0.3 is 10.6 Å². The van der Waals surface area contributed by atoms with E-state index >= 15 is 0 Å². The van der Waals surface area contributed by atoms with E-state index in [0.29, 0.717) is 11.1 Å². The van der Waals surface area contributed by atoms with Crippen molar-refractivity contribution in [1.82, 2.24) is 25.2 Å². The van der Waals surface area contributed by atoms with E-state index in [-0.39, 0.29) is 11.9 Å². The molecule has 1 amide bonds. The minimum absolute atomic E-state index is 0.0422. The first-order chi connectivity index (χ1) is 10.3. The van der Waals surface area contributed by atoms with Gasteiger partial charge in [-0.2, -0.15) is 5.10 Å². The molecule has 2 fully saturated rings. The molecule has 1 saturated heterocycles. The lowest BCUT2D eigenvalue weighted by Crippen LogP contribution is -2.59. The van der Waals surface area contributed by atoms with Crippen molar-refractivity contribution in [3.8, 4) is 0 Å². The second kappa shape index (κ2) is 4.80. The van der Waals surface area contributed by atoms with Gasteiger partial charge in [-0.25, -0.2) is 4.52 Å². The van der Waals surface area contributed by atoms with E-state index in [1.165, 1.54) is 19.3 Å². The van der Waals surface area contributed by atoms with Crippen LogP contribution < -0.4 is 10.6 Å². The van der Waals surface area contributed by atoms with E-state index in [4.69, 9.17) is 0 Å².